The first-order chi connectivity index (χ1) is 17.9. The maximum atomic E-state index is 14.6. The highest BCUT2D eigenvalue weighted by atomic mass is 19.1. The third-order valence-electron chi connectivity index (χ3n) is 7.30. The van der Waals surface area contributed by atoms with Gasteiger partial charge in [-0.1, -0.05) is 6.07 Å². The molecular formula is C28H30F2N6O. The van der Waals surface area contributed by atoms with Crippen LogP contribution in [-0.2, 0) is 4.74 Å². The second-order valence-electron chi connectivity index (χ2n) is 10.1. The Morgan fingerprint density at radius 3 is 2.62 bits per heavy atom. The Hall–Kier alpha value is -3.72. The number of imidazole rings is 1. The van der Waals surface area contributed by atoms with Crippen molar-refractivity contribution in [3.8, 4) is 11.3 Å². The predicted octanol–water partition coefficient (Wildman–Crippen LogP) is 5.21. The van der Waals surface area contributed by atoms with Gasteiger partial charge in [-0.2, -0.15) is 0 Å². The first-order valence-electron chi connectivity index (χ1n) is 12.7. The van der Waals surface area contributed by atoms with E-state index in [1.165, 1.54) is 12.1 Å². The number of halogens is 2. The van der Waals surface area contributed by atoms with E-state index < -0.39 is 11.6 Å². The van der Waals surface area contributed by atoms with Crippen LogP contribution in [0.1, 0.15) is 38.3 Å². The van der Waals surface area contributed by atoms with E-state index in [1.807, 2.05) is 33.7 Å². The van der Waals surface area contributed by atoms with Crippen molar-refractivity contribution in [1.29, 1.82) is 0 Å². The van der Waals surface area contributed by atoms with Crippen LogP contribution in [0.25, 0.3) is 16.9 Å². The van der Waals surface area contributed by atoms with Crippen LogP contribution in [0.15, 0.2) is 54.7 Å². The normalized spacial score (nSPS) is 22.2. The van der Waals surface area contributed by atoms with E-state index in [0.29, 0.717) is 29.3 Å². The lowest BCUT2D eigenvalue weighted by atomic mass is 10.0. The van der Waals surface area contributed by atoms with Crippen molar-refractivity contribution in [2.75, 3.05) is 35.2 Å². The molecule has 4 heterocycles. The van der Waals surface area contributed by atoms with Crippen LogP contribution in [0.3, 0.4) is 0 Å². The Labute approximate surface area is 214 Å². The third-order valence-corrected chi connectivity index (χ3v) is 7.30. The van der Waals surface area contributed by atoms with Crippen molar-refractivity contribution in [2.24, 2.45) is 0 Å². The van der Waals surface area contributed by atoms with E-state index in [4.69, 9.17) is 15.6 Å². The molecule has 0 saturated carbocycles. The molecule has 6 rings (SSSR count). The molecule has 0 spiro atoms. The van der Waals surface area contributed by atoms with E-state index in [-0.39, 0.29) is 18.2 Å². The van der Waals surface area contributed by atoms with Crippen LogP contribution < -0.4 is 15.5 Å². The van der Waals surface area contributed by atoms with Gasteiger partial charge in [-0.3, -0.25) is 0 Å². The van der Waals surface area contributed by atoms with Gasteiger partial charge in [0.25, 0.3) is 0 Å². The lowest BCUT2D eigenvalue weighted by molar-refractivity contribution is -0.00517. The zero-order chi connectivity index (χ0) is 25.7. The second kappa shape index (κ2) is 9.30. The minimum Gasteiger partial charge on any atom is -0.397 e. The standard InChI is InChI=1S/C28H30F2N6O/c1-17-15-34(16-18(2)37-17)25-12-19(5-8-23(25)31)26-14-32-27-9-10-28(33-36(26)27)35-11-3-4-24(35)21-13-20(29)6-7-22(21)30/h5-10,12-14,17-18,24H,3-4,11,15-16,31H2,1-2H3. The van der Waals surface area contributed by atoms with Gasteiger partial charge < -0.3 is 20.3 Å². The molecule has 2 N–H and O–H groups in total. The smallest absolute Gasteiger partial charge is 0.154 e. The van der Waals surface area contributed by atoms with Gasteiger partial charge in [0.15, 0.2) is 5.65 Å². The fourth-order valence-corrected chi connectivity index (χ4v) is 5.70. The highest BCUT2D eigenvalue weighted by Crippen LogP contribution is 2.37. The van der Waals surface area contributed by atoms with Crippen molar-refractivity contribution in [3.05, 3.63) is 71.9 Å². The largest absolute Gasteiger partial charge is 0.397 e. The quantitative estimate of drug-likeness (QED) is 0.385. The number of hydrogen-bond donors (Lipinski definition) is 1. The van der Waals surface area contributed by atoms with Gasteiger partial charge in [0.1, 0.15) is 17.5 Å². The third kappa shape index (κ3) is 4.37. The molecule has 7 nitrogen and oxygen atoms in total. The van der Waals surface area contributed by atoms with E-state index in [9.17, 15) is 8.78 Å². The Bertz CT molecular complexity index is 1450. The van der Waals surface area contributed by atoms with Crippen LogP contribution in [0.5, 0.6) is 0 Å². The lowest BCUT2D eigenvalue weighted by Crippen LogP contribution is -2.45. The van der Waals surface area contributed by atoms with Gasteiger partial charge in [0.05, 0.1) is 41.5 Å². The van der Waals surface area contributed by atoms with Crippen LogP contribution in [-0.4, -0.2) is 46.4 Å². The van der Waals surface area contributed by atoms with Crippen LogP contribution in [0.4, 0.5) is 26.0 Å². The highest BCUT2D eigenvalue weighted by molar-refractivity contribution is 5.77. The minimum atomic E-state index is -0.438. The molecule has 192 valence electrons. The van der Waals surface area contributed by atoms with Crippen molar-refractivity contribution in [3.63, 3.8) is 0 Å². The SMILES string of the molecule is CC1CN(c2cc(-c3cnc4ccc(N5CCCC5c5cc(F)ccc5F)nn34)ccc2N)CC(C)O1. The zero-order valence-corrected chi connectivity index (χ0v) is 20.9. The molecule has 2 fully saturated rings. The molecule has 9 heteroatoms. The number of rotatable bonds is 4. The van der Waals surface area contributed by atoms with Crippen molar-refractivity contribution in [2.45, 2.75) is 44.9 Å². The van der Waals surface area contributed by atoms with Gasteiger partial charge in [-0.15, -0.1) is 5.10 Å². The van der Waals surface area contributed by atoms with Gasteiger partial charge in [0.2, 0.25) is 0 Å². The summed E-state index contributed by atoms with van der Waals surface area (Å²) in [6.07, 6.45) is 3.63. The number of fused-ring (bicyclic) bond motifs is 1. The van der Waals surface area contributed by atoms with Crippen molar-refractivity contribution in [1.82, 2.24) is 14.6 Å². The molecule has 4 aromatic rings. The maximum absolute atomic E-state index is 14.6. The summed E-state index contributed by atoms with van der Waals surface area (Å²) >= 11 is 0. The first-order valence-corrected chi connectivity index (χ1v) is 12.7. The van der Waals surface area contributed by atoms with Crippen molar-refractivity contribution < 1.29 is 13.5 Å². The Morgan fingerprint density at radius 1 is 1.00 bits per heavy atom. The number of morpholine rings is 1. The Kier molecular flexibility index (Phi) is 5.95. The van der Waals surface area contributed by atoms with E-state index in [1.54, 1.807) is 6.20 Å². The summed E-state index contributed by atoms with van der Waals surface area (Å²) in [5.74, 6) is -0.139. The number of nitrogens with two attached hydrogens (primary N) is 1. The molecule has 2 aromatic heterocycles. The molecule has 2 aliphatic rings. The molecule has 0 aliphatic carbocycles. The van der Waals surface area contributed by atoms with E-state index >= 15 is 0 Å². The molecule has 3 atom stereocenters. The fourth-order valence-electron chi connectivity index (χ4n) is 5.70. The van der Waals surface area contributed by atoms with Gasteiger partial charge in [-0.05, 0) is 69.2 Å². The highest BCUT2D eigenvalue weighted by Gasteiger charge is 2.30. The number of nitrogen functional groups attached to an aromatic ring is 1. The molecule has 37 heavy (non-hydrogen) atoms. The molecule has 3 unspecified atom stereocenters. The van der Waals surface area contributed by atoms with E-state index in [0.717, 1.165) is 48.9 Å². The Morgan fingerprint density at radius 2 is 1.81 bits per heavy atom. The first kappa shape index (κ1) is 23.7. The van der Waals surface area contributed by atoms with Crippen LogP contribution >= 0.6 is 0 Å². The molecule has 2 aromatic carbocycles. The van der Waals surface area contributed by atoms with Gasteiger partial charge >= 0.3 is 0 Å². The summed E-state index contributed by atoms with van der Waals surface area (Å²) in [5.41, 5.74) is 10.9. The number of hydrogen-bond acceptors (Lipinski definition) is 6. The monoisotopic (exact) mass is 504 g/mol. The summed E-state index contributed by atoms with van der Waals surface area (Å²) < 4.78 is 36.3. The Balaban J connectivity index is 1.37. The summed E-state index contributed by atoms with van der Waals surface area (Å²) in [6.45, 7) is 6.38. The molecule has 0 bridgehead atoms. The number of nitrogens with zero attached hydrogens (tertiary/aromatic N) is 5. The molecule has 0 amide bonds. The zero-order valence-electron chi connectivity index (χ0n) is 20.9. The molecule has 0 radical (unpaired) electrons. The lowest BCUT2D eigenvalue weighted by Gasteiger charge is -2.37. The summed E-state index contributed by atoms with van der Waals surface area (Å²) in [6, 6.07) is 13.1. The number of aromatic nitrogens is 3. The maximum Gasteiger partial charge on any atom is 0.154 e. The summed E-state index contributed by atoms with van der Waals surface area (Å²) in [4.78, 5) is 8.88. The second-order valence-corrected chi connectivity index (χ2v) is 10.1. The van der Waals surface area contributed by atoms with Gasteiger partial charge in [0, 0.05) is 30.8 Å². The van der Waals surface area contributed by atoms with Gasteiger partial charge in [-0.25, -0.2) is 18.3 Å². The predicted molar refractivity (Wildman–Crippen MR) is 141 cm³/mol. The minimum absolute atomic E-state index is 0.114. The summed E-state index contributed by atoms with van der Waals surface area (Å²) in [7, 11) is 0. The molecule has 2 aliphatic heterocycles. The fraction of sp³-hybridized carbons (Fsp3) is 0.357. The number of anilines is 3. The van der Waals surface area contributed by atoms with E-state index in [2.05, 4.69) is 29.8 Å². The van der Waals surface area contributed by atoms with Crippen LogP contribution in [0, 0.1) is 11.6 Å². The molecule has 2 saturated heterocycles. The van der Waals surface area contributed by atoms with Crippen molar-refractivity contribution >= 4 is 22.8 Å². The number of benzene rings is 2. The molecular weight excluding hydrogens is 474 g/mol. The average molecular weight is 505 g/mol. The summed E-state index contributed by atoms with van der Waals surface area (Å²) in [5, 5.41) is 4.91. The van der Waals surface area contributed by atoms with Crippen LogP contribution in [0.2, 0.25) is 0 Å². The topological polar surface area (TPSA) is 71.9 Å². The average Bonchev–Trinajstić information content (AvgIpc) is 3.52. The number of ether oxygens (including phenoxy) is 1.